The third kappa shape index (κ3) is 8.37. The van der Waals surface area contributed by atoms with E-state index in [1.165, 1.54) is 6.92 Å². The van der Waals surface area contributed by atoms with Gasteiger partial charge in [-0.2, -0.15) is 13.5 Å². The molecule has 2 atom stereocenters. The highest BCUT2D eigenvalue weighted by Gasteiger charge is 2.39. The zero-order valence-corrected chi connectivity index (χ0v) is 16.9. The summed E-state index contributed by atoms with van der Waals surface area (Å²) in [4.78, 5) is 30.0. The molecule has 0 bridgehead atoms. The third-order valence-electron chi connectivity index (χ3n) is 3.10. The molecule has 0 saturated carbocycles. The first-order valence-corrected chi connectivity index (χ1v) is 9.98. The number of primary amides is 1. The Bertz CT molecular complexity index is 744. The van der Waals surface area contributed by atoms with Gasteiger partial charge in [-0.1, -0.05) is 30.3 Å². The standard InChI is InChI=1S/C17H26N2O7S/c1-12(26-27(5,22)23)14(15(18)20)19(16(21)25-17(2,3)4)24-11-13-9-7-6-8-10-13/h6-10,12,14H,11H2,1-5H3,(H2,18,20)/t12-,14+/m1/s1. The highest BCUT2D eigenvalue weighted by Crippen LogP contribution is 2.18. The van der Waals surface area contributed by atoms with Crippen molar-refractivity contribution in [3.05, 3.63) is 35.9 Å². The van der Waals surface area contributed by atoms with E-state index >= 15 is 0 Å². The molecule has 10 heteroatoms. The Morgan fingerprint density at radius 3 is 2.19 bits per heavy atom. The zero-order chi connectivity index (χ0) is 20.8. The van der Waals surface area contributed by atoms with Crippen molar-refractivity contribution in [2.24, 2.45) is 5.73 Å². The van der Waals surface area contributed by atoms with E-state index in [1.807, 2.05) is 6.07 Å². The lowest BCUT2D eigenvalue weighted by Crippen LogP contribution is -2.55. The predicted octanol–water partition coefficient (Wildman–Crippen LogP) is 1.57. The maximum atomic E-state index is 12.6. The normalized spacial score (nSPS) is 14.3. The number of nitrogens with two attached hydrogens (primary N) is 1. The van der Waals surface area contributed by atoms with E-state index in [4.69, 9.17) is 19.5 Å². The van der Waals surface area contributed by atoms with Gasteiger partial charge in [0.1, 0.15) is 18.3 Å². The van der Waals surface area contributed by atoms with Gasteiger partial charge in [-0.05, 0) is 33.3 Å². The number of hydrogen-bond donors (Lipinski definition) is 1. The lowest BCUT2D eigenvalue weighted by Gasteiger charge is -2.33. The van der Waals surface area contributed by atoms with Gasteiger partial charge >= 0.3 is 6.09 Å². The van der Waals surface area contributed by atoms with E-state index in [1.54, 1.807) is 45.0 Å². The molecule has 0 aromatic heterocycles. The second-order valence-electron chi connectivity index (χ2n) is 6.92. The van der Waals surface area contributed by atoms with Crippen LogP contribution in [0.15, 0.2) is 30.3 Å². The average molecular weight is 402 g/mol. The minimum Gasteiger partial charge on any atom is -0.442 e. The molecule has 0 unspecified atom stereocenters. The fraction of sp³-hybridized carbons (Fsp3) is 0.529. The fourth-order valence-corrected chi connectivity index (χ4v) is 2.79. The molecule has 0 aliphatic heterocycles. The van der Waals surface area contributed by atoms with Gasteiger partial charge in [0.25, 0.3) is 10.1 Å². The van der Waals surface area contributed by atoms with Gasteiger partial charge in [-0.15, -0.1) is 0 Å². The summed E-state index contributed by atoms with van der Waals surface area (Å²) >= 11 is 0. The van der Waals surface area contributed by atoms with Gasteiger partial charge in [0.15, 0.2) is 6.04 Å². The molecular weight excluding hydrogens is 376 g/mol. The van der Waals surface area contributed by atoms with E-state index in [9.17, 15) is 18.0 Å². The number of carbonyl (C=O) groups excluding carboxylic acids is 2. The molecule has 0 aliphatic rings. The summed E-state index contributed by atoms with van der Waals surface area (Å²) in [5, 5.41) is 0.621. The summed E-state index contributed by atoms with van der Waals surface area (Å²) in [6.45, 7) is 6.12. The Balaban J connectivity index is 3.13. The number of rotatable bonds is 8. The van der Waals surface area contributed by atoms with Crippen LogP contribution in [0.1, 0.15) is 33.3 Å². The number of carbonyl (C=O) groups is 2. The van der Waals surface area contributed by atoms with E-state index < -0.39 is 39.9 Å². The van der Waals surface area contributed by atoms with Crippen LogP contribution in [0, 0.1) is 0 Å². The maximum absolute atomic E-state index is 12.6. The van der Waals surface area contributed by atoms with E-state index in [0.717, 1.165) is 6.26 Å². The second kappa shape index (κ2) is 9.16. The Morgan fingerprint density at radius 1 is 1.19 bits per heavy atom. The molecule has 1 rings (SSSR count). The Morgan fingerprint density at radius 2 is 1.74 bits per heavy atom. The van der Waals surface area contributed by atoms with Crippen LogP contribution >= 0.6 is 0 Å². The first-order valence-electron chi connectivity index (χ1n) is 8.17. The lowest BCUT2D eigenvalue weighted by molar-refractivity contribution is -0.194. The van der Waals surface area contributed by atoms with E-state index in [-0.39, 0.29) is 6.61 Å². The van der Waals surface area contributed by atoms with Crippen LogP contribution < -0.4 is 5.73 Å². The number of ether oxygens (including phenoxy) is 1. The Labute approximate surface area is 159 Å². The molecule has 9 nitrogen and oxygen atoms in total. The molecular formula is C17H26N2O7S. The molecule has 0 spiro atoms. The largest absolute Gasteiger partial charge is 0.442 e. The predicted molar refractivity (Wildman–Crippen MR) is 97.7 cm³/mol. The van der Waals surface area contributed by atoms with Gasteiger partial charge < -0.3 is 10.5 Å². The van der Waals surface area contributed by atoms with Crippen LogP contribution in [0.2, 0.25) is 0 Å². The summed E-state index contributed by atoms with van der Waals surface area (Å²) in [5.74, 6) is -1.01. The van der Waals surface area contributed by atoms with Gasteiger partial charge in [-0.3, -0.25) is 13.8 Å². The SMILES string of the molecule is C[C@@H](OS(C)(=O)=O)[C@@H](C(N)=O)N(OCc1ccccc1)C(=O)OC(C)(C)C. The molecule has 1 aromatic rings. The van der Waals surface area contributed by atoms with Crippen LogP contribution in [0.5, 0.6) is 0 Å². The summed E-state index contributed by atoms with van der Waals surface area (Å²) in [7, 11) is -3.91. The monoisotopic (exact) mass is 402 g/mol. The lowest BCUT2D eigenvalue weighted by atomic mass is 10.1. The van der Waals surface area contributed by atoms with Gasteiger partial charge in [0.05, 0.1) is 6.26 Å². The molecule has 0 heterocycles. The van der Waals surface area contributed by atoms with Crippen molar-refractivity contribution in [2.45, 2.75) is 52.0 Å². The van der Waals surface area contributed by atoms with Gasteiger partial charge in [0.2, 0.25) is 5.91 Å². The molecule has 2 N–H and O–H groups in total. The number of hydroxylamine groups is 2. The third-order valence-corrected chi connectivity index (χ3v) is 3.76. The topological polar surface area (TPSA) is 125 Å². The van der Waals surface area contributed by atoms with Crippen LogP contribution in [-0.2, 0) is 35.3 Å². The van der Waals surface area contributed by atoms with Crippen molar-refractivity contribution < 1.29 is 31.8 Å². The van der Waals surface area contributed by atoms with Crippen LogP contribution in [0.3, 0.4) is 0 Å². The van der Waals surface area contributed by atoms with Crippen LogP contribution in [-0.4, -0.2) is 49.5 Å². The average Bonchev–Trinajstić information content (AvgIpc) is 2.48. The van der Waals surface area contributed by atoms with Crippen molar-refractivity contribution in [2.75, 3.05) is 6.26 Å². The quantitative estimate of drug-likeness (QED) is 0.517. The number of hydrogen-bond acceptors (Lipinski definition) is 7. The Kier molecular flexibility index (Phi) is 7.76. The molecule has 1 aromatic carbocycles. The molecule has 2 amide bonds. The van der Waals surface area contributed by atoms with Crippen molar-refractivity contribution in [1.29, 1.82) is 0 Å². The molecule has 27 heavy (non-hydrogen) atoms. The van der Waals surface area contributed by atoms with Crippen LogP contribution in [0.25, 0.3) is 0 Å². The summed E-state index contributed by atoms with van der Waals surface area (Å²) in [6.07, 6.45) is -1.46. The summed E-state index contributed by atoms with van der Waals surface area (Å²) < 4.78 is 32.9. The maximum Gasteiger partial charge on any atom is 0.435 e. The van der Waals surface area contributed by atoms with Gasteiger partial charge in [0, 0.05) is 0 Å². The number of amides is 2. The molecule has 0 aliphatic carbocycles. The summed E-state index contributed by atoms with van der Waals surface area (Å²) in [6, 6.07) is 7.34. The molecule has 0 saturated heterocycles. The number of nitrogens with zero attached hydrogens (tertiary/aromatic N) is 1. The van der Waals surface area contributed by atoms with Crippen molar-refractivity contribution >= 4 is 22.1 Å². The smallest absolute Gasteiger partial charge is 0.435 e. The zero-order valence-electron chi connectivity index (χ0n) is 16.0. The second-order valence-corrected chi connectivity index (χ2v) is 8.52. The molecule has 0 radical (unpaired) electrons. The summed E-state index contributed by atoms with van der Waals surface area (Å²) in [5.41, 5.74) is 5.22. The fourth-order valence-electron chi connectivity index (χ4n) is 2.14. The Hall–Kier alpha value is -2.17. The van der Waals surface area contributed by atoms with E-state index in [2.05, 4.69) is 0 Å². The first kappa shape index (κ1) is 22.9. The van der Waals surface area contributed by atoms with E-state index in [0.29, 0.717) is 10.6 Å². The first-order chi connectivity index (χ1) is 12.3. The van der Waals surface area contributed by atoms with Gasteiger partial charge in [-0.25, -0.2) is 4.79 Å². The molecule has 152 valence electrons. The number of benzene rings is 1. The minimum atomic E-state index is -3.91. The van der Waals surface area contributed by atoms with Crippen molar-refractivity contribution in [1.82, 2.24) is 5.06 Å². The molecule has 0 fully saturated rings. The van der Waals surface area contributed by atoms with Crippen LogP contribution in [0.4, 0.5) is 4.79 Å². The van der Waals surface area contributed by atoms with Crippen molar-refractivity contribution in [3.8, 4) is 0 Å². The minimum absolute atomic E-state index is 0.0740. The highest BCUT2D eigenvalue weighted by molar-refractivity contribution is 7.86. The highest BCUT2D eigenvalue weighted by atomic mass is 32.2. The van der Waals surface area contributed by atoms with Crippen molar-refractivity contribution in [3.63, 3.8) is 0 Å².